The third kappa shape index (κ3) is 3.69. The molecule has 0 radical (unpaired) electrons. The van der Waals surface area contributed by atoms with Crippen molar-refractivity contribution in [3.63, 3.8) is 0 Å². The third-order valence-electron chi connectivity index (χ3n) is 3.80. The molecule has 1 N–H and O–H groups in total. The summed E-state index contributed by atoms with van der Waals surface area (Å²) < 4.78 is 5.42. The van der Waals surface area contributed by atoms with Gasteiger partial charge in [0.15, 0.2) is 11.7 Å². The van der Waals surface area contributed by atoms with Gasteiger partial charge >= 0.3 is 0 Å². The van der Waals surface area contributed by atoms with Crippen LogP contribution in [0.3, 0.4) is 0 Å². The van der Waals surface area contributed by atoms with Crippen molar-refractivity contribution in [3.05, 3.63) is 40.4 Å². The molecule has 6 heteroatoms. The summed E-state index contributed by atoms with van der Waals surface area (Å²) >= 11 is 1.55. The largest absolute Gasteiger partial charge is 0.482 e. The molecular weight excluding hydrogens is 310 g/mol. The van der Waals surface area contributed by atoms with E-state index in [1.807, 2.05) is 6.07 Å². The molecule has 0 fully saturated rings. The van der Waals surface area contributed by atoms with E-state index in [9.17, 15) is 4.79 Å². The summed E-state index contributed by atoms with van der Waals surface area (Å²) in [5, 5.41) is 12.4. The van der Waals surface area contributed by atoms with Crippen LogP contribution in [-0.2, 0) is 17.6 Å². The van der Waals surface area contributed by atoms with Crippen molar-refractivity contribution in [3.8, 4) is 11.8 Å². The number of hydrogen-bond acceptors (Lipinski definition) is 5. The van der Waals surface area contributed by atoms with Crippen molar-refractivity contribution in [2.24, 2.45) is 5.92 Å². The lowest BCUT2D eigenvalue weighted by atomic mass is 9.93. The number of thiazole rings is 1. The van der Waals surface area contributed by atoms with Crippen LogP contribution in [0.1, 0.15) is 29.5 Å². The summed E-state index contributed by atoms with van der Waals surface area (Å²) in [5.74, 6) is 0.826. The lowest BCUT2D eigenvalue weighted by molar-refractivity contribution is -0.118. The Labute approximate surface area is 138 Å². The van der Waals surface area contributed by atoms with Gasteiger partial charge in [0.25, 0.3) is 5.91 Å². The molecule has 5 nitrogen and oxygen atoms in total. The molecule has 0 saturated carbocycles. The number of benzene rings is 1. The maximum absolute atomic E-state index is 12.0. The highest BCUT2D eigenvalue weighted by Crippen LogP contribution is 2.32. The summed E-state index contributed by atoms with van der Waals surface area (Å²) in [6, 6.07) is 8.90. The number of nitrogens with one attached hydrogen (secondary N) is 1. The minimum Gasteiger partial charge on any atom is -0.482 e. The Hall–Kier alpha value is -2.39. The van der Waals surface area contributed by atoms with E-state index in [-0.39, 0.29) is 12.5 Å². The topological polar surface area (TPSA) is 75.0 Å². The Morgan fingerprint density at radius 2 is 2.35 bits per heavy atom. The van der Waals surface area contributed by atoms with Crippen LogP contribution in [0.15, 0.2) is 24.3 Å². The van der Waals surface area contributed by atoms with Crippen molar-refractivity contribution < 1.29 is 9.53 Å². The van der Waals surface area contributed by atoms with Crippen molar-refractivity contribution in [2.45, 2.75) is 26.2 Å². The highest BCUT2D eigenvalue weighted by molar-refractivity contribution is 7.15. The van der Waals surface area contributed by atoms with E-state index >= 15 is 0 Å². The number of anilines is 1. The second kappa shape index (κ2) is 6.80. The van der Waals surface area contributed by atoms with E-state index in [0.717, 1.165) is 25.0 Å². The van der Waals surface area contributed by atoms with Gasteiger partial charge in [0, 0.05) is 4.88 Å². The average Bonchev–Trinajstić information content (AvgIpc) is 2.94. The average molecular weight is 327 g/mol. The van der Waals surface area contributed by atoms with E-state index in [1.54, 1.807) is 35.6 Å². The van der Waals surface area contributed by atoms with Crippen molar-refractivity contribution in [1.29, 1.82) is 5.26 Å². The van der Waals surface area contributed by atoms with Crippen LogP contribution >= 0.6 is 11.3 Å². The standard InChI is InChI=1S/C17H17N3O2S/c1-11-6-7-13-15(8-11)23-17(19-13)20-16(21)10-22-14-5-3-2-4-12(14)9-18/h2-5,11H,6-8,10H2,1H3,(H,19,20,21)/t11-/m1/s1. The molecule has 23 heavy (non-hydrogen) atoms. The first-order valence-electron chi connectivity index (χ1n) is 7.56. The van der Waals surface area contributed by atoms with E-state index < -0.39 is 0 Å². The second-order valence-electron chi connectivity index (χ2n) is 5.68. The molecule has 0 aliphatic heterocycles. The molecule has 1 aromatic heterocycles. The molecule has 0 saturated heterocycles. The summed E-state index contributed by atoms with van der Waals surface area (Å²) in [4.78, 5) is 17.8. The van der Waals surface area contributed by atoms with Gasteiger partial charge < -0.3 is 4.74 Å². The minimum atomic E-state index is -0.267. The number of carbonyl (C=O) groups excluding carboxylic acids is 1. The zero-order valence-electron chi connectivity index (χ0n) is 12.8. The first-order valence-corrected chi connectivity index (χ1v) is 8.37. The predicted octanol–water partition coefficient (Wildman–Crippen LogP) is 3.16. The number of nitriles is 1. The van der Waals surface area contributed by atoms with Crippen molar-refractivity contribution in [2.75, 3.05) is 11.9 Å². The van der Waals surface area contributed by atoms with Gasteiger partial charge in [-0.1, -0.05) is 19.1 Å². The zero-order chi connectivity index (χ0) is 16.2. The first kappa shape index (κ1) is 15.5. The number of nitrogens with zero attached hydrogens (tertiary/aromatic N) is 2. The van der Waals surface area contributed by atoms with Crippen LogP contribution in [0.2, 0.25) is 0 Å². The number of carbonyl (C=O) groups is 1. The van der Waals surface area contributed by atoms with Crippen LogP contribution in [0, 0.1) is 17.2 Å². The zero-order valence-corrected chi connectivity index (χ0v) is 13.7. The lowest BCUT2D eigenvalue weighted by Gasteiger charge is -2.15. The number of aryl methyl sites for hydroxylation is 1. The normalized spacial score (nSPS) is 16.3. The van der Waals surface area contributed by atoms with Gasteiger partial charge in [-0.25, -0.2) is 4.98 Å². The molecule has 1 heterocycles. The van der Waals surface area contributed by atoms with Gasteiger partial charge in [-0.05, 0) is 37.3 Å². The Balaban J connectivity index is 1.59. The van der Waals surface area contributed by atoms with Crippen LogP contribution in [-0.4, -0.2) is 17.5 Å². The minimum absolute atomic E-state index is 0.140. The Morgan fingerprint density at radius 3 is 3.17 bits per heavy atom. The molecule has 1 amide bonds. The summed E-state index contributed by atoms with van der Waals surface area (Å²) in [5.41, 5.74) is 1.53. The third-order valence-corrected chi connectivity index (χ3v) is 4.83. The molecule has 0 bridgehead atoms. The second-order valence-corrected chi connectivity index (χ2v) is 6.77. The molecule has 0 unspecified atom stereocenters. The van der Waals surface area contributed by atoms with E-state index in [0.29, 0.717) is 22.4 Å². The molecular formula is C17H17N3O2S. The summed E-state index contributed by atoms with van der Waals surface area (Å²) in [7, 11) is 0. The van der Waals surface area contributed by atoms with E-state index in [1.165, 1.54) is 4.88 Å². The number of aromatic nitrogens is 1. The quantitative estimate of drug-likeness (QED) is 0.936. The van der Waals surface area contributed by atoms with E-state index in [4.69, 9.17) is 10.00 Å². The first-order chi connectivity index (χ1) is 11.2. The van der Waals surface area contributed by atoms with Gasteiger partial charge in [0.05, 0.1) is 11.3 Å². The monoisotopic (exact) mass is 327 g/mol. The van der Waals surface area contributed by atoms with Gasteiger partial charge in [-0.15, -0.1) is 11.3 Å². The fourth-order valence-electron chi connectivity index (χ4n) is 2.58. The number of hydrogen-bond donors (Lipinski definition) is 1. The SMILES string of the molecule is C[C@@H]1CCc2nc(NC(=O)COc3ccccc3C#N)sc2C1. The maximum Gasteiger partial charge on any atom is 0.264 e. The highest BCUT2D eigenvalue weighted by Gasteiger charge is 2.20. The molecule has 2 aromatic rings. The molecule has 1 aliphatic rings. The molecule has 0 spiro atoms. The Morgan fingerprint density at radius 1 is 1.52 bits per heavy atom. The fraction of sp³-hybridized carbons (Fsp3) is 0.353. The van der Waals surface area contributed by atoms with Gasteiger partial charge in [0.2, 0.25) is 0 Å². The van der Waals surface area contributed by atoms with E-state index in [2.05, 4.69) is 17.2 Å². The molecule has 1 atom stereocenters. The number of para-hydroxylation sites is 1. The molecule has 118 valence electrons. The van der Waals surface area contributed by atoms with Crippen LogP contribution in [0.4, 0.5) is 5.13 Å². The molecule has 1 aromatic carbocycles. The smallest absolute Gasteiger partial charge is 0.264 e. The lowest BCUT2D eigenvalue weighted by Crippen LogP contribution is -2.20. The number of fused-ring (bicyclic) bond motifs is 1. The van der Waals surface area contributed by atoms with Gasteiger partial charge in [-0.2, -0.15) is 5.26 Å². The number of ether oxygens (including phenoxy) is 1. The Bertz CT molecular complexity index is 763. The highest BCUT2D eigenvalue weighted by atomic mass is 32.1. The fourth-order valence-corrected chi connectivity index (χ4v) is 3.76. The molecule has 3 rings (SSSR count). The predicted molar refractivity (Wildman–Crippen MR) is 88.6 cm³/mol. The van der Waals surface area contributed by atoms with Crippen molar-refractivity contribution in [1.82, 2.24) is 4.98 Å². The summed E-state index contributed by atoms with van der Waals surface area (Å²) in [6.07, 6.45) is 3.17. The maximum atomic E-state index is 12.0. The van der Waals surface area contributed by atoms with Crippen LogP contribution in [0.5, 0.6) is 5.75 Å². The summed E-state index contributed by atoms with van der Waals surface area (Å²) in [6.45, 7) is 2.10. The molecule has 1 aliphatic carbocycles. The number of amides is 1. The van der Waals surface area contributed by atoms with Crippen LogP contribution in [0.25, 0.3) is 0 Å². The Kier molecular flexibility index (Phi) is 4.58. The van der Waals surface area contributed by atoms with Gasteiger partial charge in [-0.3, -0.25) is 10.1 Å². The van der Waals surface area contributed by atoms with Crippen molar-refractivity contribution >= 4 is 22.4 Å². The number of rotatable bonds is 4. The van der Waals surface area contributed by atoms with Gasteiger partial charge in [0.1, 0.15) is 11.8 Å². The van der Waals surface area contributed by atoms with Crippen LogP contribution < -0.4 is 10.1 Å².